The van der Waals surface area contributed by atoms with Gasteiger partial charge in [0.1, 0.15) is 23.2 Å². The Morgan fingerprint density at radius 3 is 2.15 bits per heavy atom. The number of thiocarbonyl (C=S) groups is 1. The Morgan fingerprint density at radius 1 is 0.925 bits per heavy atom. The summed E-state index contributed by atoms with van der Waals surface area (Å²) in [4.78, 5) is 29.2. The Morgan fingerprint density at radius 2 is 1.55 bits per heavy atom. The first-order valence-electron chi connectivity index (χ1n) is 13.0. The summed E-state index contributed by atoms with van der Waals surface area (Å²) in [6.45, 7) is 0. The van der Waals surface area contributed by atoms with Crippen molar-refractivity contribution in [1.29, 1.82) is 0 Å². The summed E-state index contributed by atoms with van der Waals surface area (Å²) in [5.74, 6) is 0.302. The number of rotatable bonds is 8. The van der Waals surface area contributed by atoms with Gasteiger partial charge in [0, 0.05) is 16.2 Å². The van der Waals surface area contributed by atoms with Crippen LogP contribution in [0.3, 0.4) is 0 Å². The minimum absolute atomic E-state index is 0.175. The molecule has 0 radical (unpaired) electrons. The highest BCUT2D eigenvalue weighted by Gasteiger charge is 2.54. The van der Waals surface area contributed by atoms with Crippen LogP contribution in [0.4, 0.5) is 0 Å². The molecule has 0 bridgehead atoms. The van der Waals surface area contributed by atoms with Crippen LogP contribution in [0.1, 0.15) is 27.7 Å². The van der Waals surface area contributed by atoms with E-state index in [0.29, 0.717) is 11.4 Å². The number of thiophene rings is 1. The number of nitrogens with zero attached hydrogens (tertiary/aromatic N) is 1. The van der Waals surface area contributed by atoms with E-state index >= 15 is 0 Å². The van der Waals surface area contributed by atoms with Crippen LogP contribution in [0.25, 0.3) is 5.57 Å². The first-order chi connectivity index (χ1) is 19.6. The fourth-order valence-electron chi connectivity index (χ4n) is 5.00. The van der Waals surface area contributed by atoms with Gasteiger partial charge in [-0.05, 0) is 40.4 Å². The summed E-state index contributed by atoms with van der Waals surface area (Å²) in [7, 11) is 0. The van der Waals surface area contributed by atoms with Gasteiger partial charge in [-0.3, -0.25) is 14.5 Å². The predicted octanol–water partition coefficient (Wildman–Crippen LogP) is 6.24. The van der Waals surface area contributed by atoms with E-state index < -0.39 is 12.1 Å². The van der Waals surface area contributed by atoms with Gasteiger partial charge in [-0.25, -0.2) is 0 Å². The molecule has 1 fully saturated rings. The average molecular weight is 583 g/mol. The molecule has 2 aliphatic heterocycles. The second kappa shape index (κ2) is 11.8. The van der Waals surface area contributed by atoms with Crippen molar-refractivity contribution in [1.82, 2.24) is 10.2 Å². The van der Waals surface area contributed by atoms with Crippen molar-refractivity contribution in [3.63, 3.8) is 0 Å². The molecule has 0 unspecified atom stereocenters. The Kier molecular flexibility index (Phi) is 7.82. The van der Waals surface area contributed by atoms with Crippen molar-refractivity contribution in [2.75, 3.05) is 5.75 Å². The summed E-state index contributed by atoms with van der Waals surface area (Å²) in [6, 6.07) is 32.9. The van der Waals surface area contributed by atoms with Crippen molar-refractivity contribution < 1.29 is 14.3 Å². The number of carbonyl (C=O) groups excluding carboxylic acids is 2. The molecule has 0 saturated carbocycles. The number of fused-ring (bicyclic) bond motifs is 1. The van der Waals surface area contributed by atoms with Gasteiger partial charge in [-0.2, -0.15) is 0 Å². The van der Waals surface area contributed by atoms with E-state index in [4.69, 9.17) is 17.0 Å². The molecule has 1 N–H and O–H groups in total. The topological polar surface area (TPSA) is 58.6 Å². The number of nitrogens with one attached hydrogen (secondary N) is 1. The molecule has 0 spiro atoms. The monoisotopic (exact) mass is 582 g/mol. The molecule has 1 saturated heterocycles. The maximum atomic E-state index is 13.6. The maximum absolute atomic E-state index is 13.6. The smallest absolute Gasteiger partial charge is 0.253 e. The number of carbonyl (C=O) groups is 2. The van der Waals surface area contributed by atoms with Crippen LogP contribution in [-0.4, -0.2) is 38.9 Å². The standard InChI is InChI=1S/C32H26N2O3S3/c35-26(19-21-11-4-1-5-12-21)33-27-30(36)34-28(24(20-40-31(27)34)25-17-10-18-39-25)32(38)37-29(22-13-6-2-7-14-22)23-15-8-3-9-16-23/h1-18,27,29,31H,19-20H2,(H,33,35)/t27-,31-/m1/s1. The van der Waals surface area contributed by atoms with Crippen LogP contribution >= 0.6 is 35.3 Å². The molecule has 0 aliphatic carbocycles. The van der Waals surface area contributed by atoms with Gasteiger partial charge in [-0.1, -0.05) is 97.1 Å². The third-order valence-corrected chi connectivity index (χ3v) is 9.43. The van der Waals surface area contributed by atoms with Gasteiger partial charge in [-0.15, -0.1) is 23.1 Å². The minimum atomic E-state index is -0.608. The van der Waals surface area contributed by atoms with Crippen LogP contribution < -0.4 is 5.32 Å². The summed E-state index contributed by atoms with van der Waals surface area (Å²) in [6.07, 6.45) is -0.208. The lowest BCUT2D eigenvalue weighted by atomic mass is 10.0. The van der Waals surface area contributed by atoms with Crippen molar-refractivity contribution in [2.45, 2.75) is 23.9 Å². The third kappa shape index (κ3) is 5.35. The second-order valence-electron chi connectivity index (χ2n) is 9.53. The van der Waals surface area contributed by atoms with E-state index in [-0.39, 0.29) is 28.7 Å². The number of ether oxygens (including phenoxy) is 1. The molecule has 200 valence electrons. The van der Waals surface area contributed by atoms with E-state index in [0.717, 1.165) is 27.1 Å². The van der Waals surface area contributed by atoms with Gasteiger partial charge in [0.15, 0.2) is 0 Å². The molecule has 2 atom stereocenters. The van der Waals surface area contributed by atoms with Crippen molar-refractivity contribution in [2.24, 2.45) is 0 Å². The largest absolute Gasteiger partial charge is 0.469 e. The normalized spacial score (nSPS) is 18.2. The molecule has 3 aromatic carbocycles. The fraction of sp³-hybridized carbons (Fsp3) is 0.156. The lowest BCUT2D eigenvalue weighted by molar-refractivity contribution is -0.145. The Bertz CT molecular complexity index is 1500. The molecule has 3 heterocycles. The van der Waals surface area contributed by atoms with Crippen LogP contribution in [0, 0.1) is 0 Å². The lowest BCUT2D eigenvalue weighted by Crippen LogP contribution is -2.70. The molecular weight excluding hydrogens is 557 g/mol. The first-order valence-corrected chi connectivity index (χ1v) is 15.3. The minimum Gasteiger partial charge on any atom is -0.469 e. The van der Waals surface area contributed by atoms with Gasteiger partial charge < -0.3 is 10.1 Å². The molecule has 4 aromatic rings. The van der Waals surface area contributed by atoms with Crippen LogP contribution in [0.5, 0.6) is 0 Å². The molecule has 8 heteroatoms. The average Bonchev–Trinajstić information content (AvgIpc) is 3.54. The number of thioether (sulfide) groups is 1. The van der Waals surface area contributed by atoms with Gasteiger partial charge in [0.25, 0.3) is 5.91 Å². The Labute approximate surface area is 246 Å². The zero-order valence-corrected chi connectivity index (χ0v) is 23.9. The zero-order valence-electron chi connectivity index (χ0n) is 21.4. The van der Waals surface area contributed by atoms with Crippen LogP contribution in [0.2, 0.25) is 0 Å². The summed E-state index contributed by atoms with van der Waals surface area (Å²) in [5.41, 5.74) is 4.44. The molecule has 6 rings (SSSR count). The van der Waals surface area contributed by atoms with Crippen molar-refractivity contribution in [3.8, 4) is 0 Å². The SMILES string of the molecule is O=C(Cc1ccccc1)N[C@@H]1C(=O)N2C(C(=S)OC(c3ccccc3)c3ccccc3)=C(c3cccs3)CS[C@H]12. The van der Waals surface area contributed by atoms with Crippen molar-refractivity contribution in [3.05, 3.63) is 136 Å². The van der Waals surface area contributed by atoms with Crippen molar-refractivity contribution >= 4 is 57.8 Å². The molecule has 40 heavy (non-hydrogen) atoms. The third-order valence-electron chi connectivity index (χ3n) is 6.93. The predicted molar refractivity (Wildman–Crippen MR) is 165 cm³/mol. The number of hydrogen-bond acceptors (Lipinski definition) is 6. The summed E-state index contributed by atoms with van der Waals surface area (Å²) < 4.78 is 6.57. The molecule has 1 aromatic heterocycles. The maximum Gasteiger partial charge on any atom is 0.253 e. The Balaban J connectivity index is 1.28. The van der Waals surface area contributed by atoms with E-state index in [9.17, 15) is 9.59 Å². The molecule has 5 nitrogen and oxygen atoms in total. The van der Waals surface area contributed by atoms with E-state index in [1.165, 1.54) is 0 Å². The zero-order chi connectivity index (χ0) is 27.5. The number of benzene rings is 3. The van der Waals surface area contributed by atoms with Crippen LogP contribution in [-0.2, 0) is 20.7 Å². The van der Waals surface area contributed by atoms with E-state index in [1.807, 2.05) is 109 Å². The van der Waals surface area contributed by atoms with Crippen LogP contribution in [0.15, 0.2) is 114 Å². The molecule has 2 amide bonds. The van der Waals surface area contributed by atoms with Gasteiger partial charge >= 0.3 is 0 Å². The number of hydrogen-bond donors (Lipinski definition) is 1. The number of amides is 2. The van der Waals surface area contributed by atoms with Gasteiger partial charge in [0.2, 0.25) is 11.0 Å². The fourth-order valence-corrected chi connectivity index (χ4v) is 7.55. The molecule has 2 aliphatic rings. The second-order valence-corrected chi connectivity index (χ2v) is 12.0. The first kappa shape index (κ1) is 26.5. The quantitative estimate of drug-likeness (QED) is 0.197. The summed E-state index contributed by atoms with van der Waals surface area (Å²) >= 11 is 9.21. The highest BCUT2D eigenvalue weighted by molar-refractivity contribution is 8.00. The number of β-lactam (4-membered cyclic amide) rings is 1. The van der Waals surface area contributed by atoms with Gasteiger partial charge in [0.05, 0.1) is 6.42 Å². The summed E-state index contributed by atoms with van der Waals surface area (Å²) in [5, 5.41) is 5.00. The van der Waals surface area contributed by atoms with E-state index in [2.05, 4.69) is 5.32 Å². The molecular formula is C32H26N2O3S3. The highest BCUT2D eigenvalue weighted by Crippen LogP contribution is 2.45. The van der Waals surface area contributed by atoms with E-state index in [1.54, 1.807) is 28.0 Å². The Hall–Kier alpha value is -3.72. The lowest BCUT2D eigenvalue weighted by Gasteiger charge is -2.50. The highest BCUT2D eigenvalue weighted by atomic mass is 32.2.